The summed E-state index contributed by atoms with van der Waals surface area (Å²) in [4.78, 5) is 2.28. The molecule has 1 fully saturated rings. The Balaban J connectivity index is 1.79. The van der Waals surface area contributed by atoms with Crippen LogP contribution in [0.15, 0.2) is 27.1 Å². The Hall–Kier alpha value is -0.100. The first kappa shape index (κ1) is 14.3. The van der Waals surface area contributed by atoms with Crippen molar-refractivity contribution in [2.75, 3.05) is 26.2 Å². The van der Waals surface area contributed by atoms with E-state index in [2.05, 4.69) is 36.8 Å². The summed E-state index contributed by atoms with van der Waals surface area (Å²) in [6, 6.07) is 5.74. The first-order chi connectivity index (χ1) is 8.65. The quantitative estimate of drug-likeness (QED) is 0.854. The lowest BCUT2D eigenvalue weighted by atomic mass is 10.3. The molecule has 1 saturated heterocycles. The summed E-state index contributed by atoms with van der Waals surface area (Å²) in [6.45, 7) is 3.23. The number of ether oxygens (including phenoxy) is 1. The van der Waals surface area contributed by atoms with Crippen LogP contribution in [-0.4, -0.2) is 42.4 Å². The zero-order valence-electron chi connectivity index (χ0n) is 10.1. The second-order valence-electron chi connectivity index (χ2n) is 4.55. The van der Waals surface area contributed by atoms with Crippen molar-refractivity contribution in [1.29, 1.82) is 0 Å². The highest BCUT2D eigenvalue weighted by Gasteiger charge is 2.16. The summed E-state index contributed by atoms with van der Waals surface area (Å²) in [5.74, 6) is 0.763. The number of aliphatic hydroxyl groups excluding tert-OH is 1. The van der Waals surface area contributed by atoms with Crippen LogP contribution in [0.4, 0.5) is 0 Å². The number of halogens is 2. The lowest BCUT2D eigenvalue weighted by molar-refractivity contribution is 0.0755. The first-order valence-corrected chi connectivity index (χ1v) is 7.72. The van der Waals surface area contributed by atoms with Gasteiger partial charge in [-0.3, -0.25) is 0 Å². The minimum atomic E-state index is -0.432. The van der Waals surface area contributed by atoms with Crippen molar-refractivity contribution in [1.82, 2.24) is 4.90 Å². The van der Waals surface area contributed by atoms with Gasteiger partial charge >= 0.3 is 0 Å². The minimum Gasteiger partial charge on any atom is -0.490 e. The second-order valence-corrected chi connectivity index (χ2v) is 6.32. The Morgan fingerprint density at radius 2 is 2.00 bits per heavy atom. The summed E-state index contributed by atoms with van der Waals surface area (Å²) >= 11 is 6.83. The molecular formula is C13H17Br2NO2. The van der Waals surface area contributed by atoms with Gasteiger partial charge in [-0.15, -0.1) is 0 Å². The Morgan fingerprint density at radius 3 is 2.67 bits per heavy atom. The third-order valence-electron chi connectivity index (χ3n) is 2.99. The Bertz CT molecular complexity index is 395. The van der Waals surface area contributed by atoms with E-state index in [0.29, 0.717) is 13.2 Å². The van der Waals surface area contributed by atoms with Gasteiger partial charge in [-0.2, -0.15) is 0 Å². The van der Waals surface area contributed by atoms with Crippen molar-refractivity contribution >= 4 is 31.9 Å². The molecule has 1 aromatic carbocycles. The van der Waals surface area contributed by atoms with Crippen LogP contribution in [0.3, 0.4) is 0 Å². The molecule has 100 valence electrons. The number of benzene rings is 1. The highest BCUT2D eigenvalue weighted by molar-refractivity contribution is 9.11. The predicted octanol–water partition coefficient (Wildman–Crippen LogP) is 3.05. The third-order valence-corrected chi connectivity index (χ3v) is 4.11. The topological polar surface area (TPSA) is 32.7 Å². The molecule has 2 rings (SSSR count). The molecule has 1 aliphatic rings. The molecule has 0 unspecified atom stereocenters. The normalized spacial score (nSPS) is 17.9. The lowest BCUT2D eigenvalue weighted by Gasteiger charge is -2.19. The molecule has 18 heavy (non-hydrogen) atoms. The number of hydrogen-bond donors (Lipinski definition) is 1. The summed E-state index contributed by atoms with van der Waals surface area (Å²) in [5, 5.41) is 9.93. The van der Waals surface area contributed by atoms with Crippen LogP contribution in [0.1, 0.15) is 12.8 Å². The van der Waals surface area contributed by atoms with Gasteiger partial charge < -0.3 is 14.7 Å². The molecule has 1 aromatic rings. The van der Waals surface area contributed by atoms with Crippen LogP contribution < -0.4 is 4.74 Å². The zero-order chi connectivity index (χ0) is 13.0. The van der Waals surface area contributed by atoms with E-state index in [1.165, 1.54) is 12.8 Å². The fourth-order valence-electron chi connectivity index (χ4n) is 2.09. The molecule has 3 nitrogen and oxygen atoms in total. The molecule has 0 bridgehead atoms. The smallest absolute Gasteiger partial charge is 0.133 e. The molecule has 1 N–H and O–H groups in total. The average Bonchev–Trinajstić information content (AvgIpc) is 2.80. The highest BCUT2D eigenvalue weighted by Crippen LogP contribution is 2.28. The SMILES string of the molecule is O[C@@H](COc1ccc(Br)cc1Br)CN1CCCC1. The molecule has 0 amide bonds. The maximum absolute atomic E-state index is 9.93. The number of nitrogens with zero attached hydrogens (tertiary/aromatic N) is 1. The van der Waals surface area contributed by atoms with E-state index in [9.17, 15) is 5.11 Å². The molecule has 0 radical (unpaired) electrons. The molecule has 1 aliphatic heterocycles. The summed E-state index contributed by atoms with van der Waals surface area (Å²) in [6.07, 6.45) is 2.05. The van der Waals surface area contributed by atoms with Crippen molar-refractivity contribution in [3.8, 4) is 5.75 Å². The van der Waals surface area contributed by atoms with Crippen molar-refractivity contribution in [2.24, 2.45) is 0 Å². The molecule has 0 saturated carbocycles. The van der Waals surface area contributed by atoms with Crippen molar-refractivity contribution < 1.29 is 9.84 Å². The van der Waals surface area contributed by atoms with Crippen LogP contribution in [-0.2, 0) is 0 Å². The molecular weight excluding hydrogens is 362 g/mol. The van der Waals surface area contributed by atoms with E-state index < -0.39 is 6.10 Å². The van der Waals surface area contributed by atoms with E-state index in [0.717, 1.165) is 27.8 Å². The Labute approximate surface area is 124 Å². The Kier molecular flexibility index (Phi) is 5.48. The van der Waals surface area contributed by atoms with E-state index in [1.54, 1.807) is 0 Å². The lowest BCUT2D eigenvalue weighted by Crippen LogP contribution is -2.33. The second kappa shape index (κ2) is 6.89. The summed E-state index contributed by atoms with van der Waals surface area (Å²) in [7, 11) is 0. The maximum atomic E-state index is 9.93. The van der Waals surface area contributed by atoms with Gasteiger partial charge in [0.25, 0.3) is 0 Å². The molecule has 1 atom stereocenters. The fourth-order valence-corrected chi connectivity index (χ4v) is 3.26. The van der Waals surface area contributed by atoms with Crippen molar-refractivity contribution in [3.63, 3.8) is 0 Å². The predicted molar refractivity (Wildman–Crippen MR) is 79.0 cm³/mol. The third kappa shape index (κ3) is 4.23. The van der Waals surface area contributed by atoms with Gasteiger partial charge in [-0.25, -0.2) is 0 Å². The van der Waals surface area contributed by atoms with E-state index in [4.69, 9.17) is 4.74 Å². The monoisotopic (exact) mass is 377 g/mol. The summed E-state index contributed by atoms with van der Waals surface area (Å²) < 4.78 is 7.51. The minimum absolute atomic E-state index is 0.330. The highest BCUT2D eigenvalue weighted by atomic mass is 79.9. The van der Waals surface area contributed by atoms with Crippen LogP contribution in [0.5, 0.6) is 5.75 Å². The van der Waals surface area contributed by atoms with Crippen LogP contribution in [0.2, 0.25) is 0 Å². The number of hydrogen-bond acceptors (Lipinski definition) is 3. The van der Waals surface area contributed by atoms with Crippen molar-refractivity contribution in [3.05, 3.63) is 27.1 Å². The van der Waals surface area contributed by atoms with E-state index in [-0.39, 0.29) is 0 Å². The summed E-state index contributed by atoms with van der Waals surface area (Å²) in [5.41, 5.74) is 0. The van der Waals surface area contributed by atoms with Gasteiger partial charge in [0.15, 0.2) is 0 Å². The number of aliphatic hydroxyl groups is 1. The number of β-amino-alcohol motifs (C(OH)–C–C–N with tert-alkyl or cyclic N) is 1. The fraction of sp³-hybridized carbons (Fsp3) is 0.538. The molecule has 0 spiro atoms. The molecule has 1 heterocycles. The van der Waals surface area contributed by atoms with Crippen LogP contribution in [0.25, 0.3) is 0 Å². The van der Waals surface area contributed by atoms with Gasteiger partial charge in [0.1, 0.15) is 18.5 Å². The van der Waals surface area contributed by atoms with E-state index in [1.807, 2.05) is 18.2 Å². The van der Waals surface area contributed by atoms with E-state index >= 15 is 0 Å². The average molecular weight is 379 g/mol. The van der Waals surface area contributed by atoms with Gasteiger partial charge in [-0.05, 0) is 60.1 Å². The standard InChI is InChI=1S/C13H17Br2NO2/c14-10-3-4-13(12(15)7-10)18-9-11(17)8-16-5-1-2-6-16/h3-4,7,11,17H,1-2,5-6,8-9H2/t11-/m1/s1. The van der Waals surface area contributed by atoms with Crippen molar-refractivity contribution in [2.45, 2.75) is 18.9 Å². The van der Waals surface area contributed by atoms with Gasteiger partial charge in [0.2, 0.25) is 0 Å². The van der Waals surface area contributed by atoms with Gasteiger partial charge in [0, 0.05) is 11.0 Å². The molecule has 5 heteroatoms. The van der Waals surface area contributed by atoms with Crippen LogP contribution in [0, 0.1) is 0 Å². The molecule has 0 aliphatic carbocycles. The van der Waals surface area contributed by atoms with Gasteiger partial charge in [-0.1, -0.05) is 15.9 Å². The Morgan fingerprint density at radius 1 is 1.28 bits per heavy atom. The molecule has 0 aromatic heterocycles. The maximum Gasteiger partial charge on any atom is 0.133 e. The zero-order valence-corrected chi connectivity index (χ0v) is 13.3. The van der Waals surface area contributed by atoms with Crippen LogP contribution >= 0.6 is 31.9 Å². The van der Waals surface area contributed by atoms with Gasteiger partial charge in [0.05, 0.1) is 4.47 Å². The first-order valence-electron chi connectivity index (χ1n) is 6.13. The number of rotatable bonds is 5. The largest absolute Gasteiger partial charge is 0.490 e. The number of likely N-dealkylation sites (tertiary alicyclic amines) is 1.